The average Bonchev–Trinajstić information content (AvgIpc) is 3.46. The summed E-state index contributed by atoms with van der Waals surface area (Å²) < 4.78 is 0. The Bertz CT molecular complexity index is 611. The summed E-state index contributed by atoms with van der Waals surface area (Å²) in [5, 5.41) is 7.27. The molecule has 0 aliphatic carbocycles. The minimum absolute atomic E-state index is 0. The van der Waals surface area contributed by atoms with Gasteiger partial charge in [-0.25, -0.2) is 0 Å². The highest BCUT2D eigenvalue weighted by Gasteiger charge is 2.39. The number of amides is 2. The van der Waals surface area contributed by atoms with Gasteiger partial charge in [-0.2, -0.15) is 0 Å². The predicted octanol–water partition coefficient (Wildman–Crippen LogP) is 2.20. The molecular formula is C22H44Cl4N6O2S2. The van der Waals surface area contributed by atoms with Gasteiger partial charge >= 0.3 is 0 Å². The van der Waals surface area contributed by atoms with Crippen molar-refractivity contribution in [2.75, 3.05) is 50.8 Å². The molecule has 4 fully saturated rings. The zero-order chi connectivity index (χ0) is 22.6. The minimum Gasteiger partial charge on any atom is -0.341 e. The molecule has 0 bridgehead atoms. The van der Waals surface area contributed by atoms with Crippen molar-refractivity contribution in [3.05, 3.63) is 0 Å². The second-order valence-electron chi connectivity index (χ2n) is 10.1. The molecule has 2 atom stereocenters. The third kappa shape index (κ3) is 9.10. The van der Waals surface area contributed by atoms with Gasteiger partial charge in [-0.3, -0.25) is 9.59 Å². The van der Waals surface area contributed by atoms with Gasteiger partial charge in [-0.05, 0) is 64.5 Å². The molecular weight excluding hydrogens is 586 g/mol. The highest BCUT2D eigenvalue weighted by molar-refractivity contribution is 8.76. The fourth-order valence-electron chi connectivity index (χ4n) is 5.76. The van der Waals surface area contributed by atoms with Crippen LogP contribution in [0.2, 0.25) is 0 Å². The first kappa shape index (κ1) is 36.6. The Balaban J connectivity index is 0.00000306. The van der Waals surface area contributed by atoms with E-state index in [9.17, 15) is 9.59 Å². The Kier molecular flexibility index (Phi) is 17.0. The fraction of sp³-hybridized carbons (Fsp3) is 0.909. The molecule has 4 aliphatic heterocycles. The standard InChI is InChI=1S/C22H40N6O2S2.4ClH/c23-17(19(29)27-11-5-21(6-12-27)3-1-9-25-21)15-31-32-16-18(24)20(30)28-13-7-22(8-14-28)4-2-10-26-22;;;;/h17-18,25-26H,1-16,23-24H2;4*1H/t17-,18-;;;;/m0..../s1. The number of halogens is 4. The molecule has 0 aromatic rings. The SMILES string of the molecule is Cl.Cl.Cl.Cl.N[C@@H](CSSC[C@H](N)C(=O)N1CCC2(CCCN2)CC1)C(=O)N1CCC2(CCCN2)CC1. The molecule has 4 saturated heterocycles. The van der Waals surface area contributed by atoms with E-state index in [0.29, 0.717) is 11.5 Å². The van der Waals surface area contributed by atoms with Crippen LogP contribution in [0, 0.1) is 0 Å². The van der Waals surface area contributed by atoms with Gasteiger partial charge in [0.05, 0.1) is 12.1 Å². The van der Waals surface area contributed by atoms with Gasteiger partial charge in [0.1, 0.15) is 0 Å². The molecule has 0 aromatic carbocycles. The van der Waals surface area contributed by atoms with Crippen LogP contribution in [0.3, 0.4) is 0 Å². The first-order chi connectivity index (χ1) is 15.4. The van der Waals surface area contributed by atoms with E-state index in [1.807, 2.05) is 9.80 Å². The van der Waals surface area contributed by atoms with Crippen LogP contribution in [0.25, 0.3) is 0 Å². The van der Waals surface area contributed by atoms with Crippen molar-refractivity contribution in [3.63, 3.8) is 0 Å². The van der Waals surface area contributed by atoms with Crippen molar-refractivity contribution in [2.24, 2.45) is 11.5 Å². The normalized spacial score (nSPS) is 23.6. The largest absolute Gasteiger partial charge is 0.341 e. The summed E-state index contributed by atoms with van der Waals surface area (Å²) in [5.41, 5.74) is 12.9. The Morgan fingerprint density at radius 1 is 0.667 bits per heavy atom. The molecule has 36 heavy (non-hydrogen) atoms. The van der Waals surface area contributed by atoms with E-state index in [0.717, 1.165) is 65.0 Å². The van der Waals surface area contributed by atoms with E-state index in [2.05, 4.69) is 10.6 Å². The lowest BCUT2D eigenvalue weighted by Gasteiger charge is -2.40. The van der Waals surface area contributed by atoms with Crippen LogP contribution in [0.15, 0.2) is 0 Å². The van der Waals surface area contributed by atoms with E-state index in [-0.39, 0.29) is 72.5 Å². The molecule has 0 radical (unpaired) electrons. The summed E-state index contributed by atoms with van der Waals surface area (Å²) >= 11 is 0. The van der Waals surface area contributed by atoms with Crippen LogP contribution in [-0.4, -0.2) is 95.5 Å². The zero-order valence-electron chi connectivity index (χ0n) is 20.8. The van der Waals surface area contributed by atoms with Crippen molar-refractivity contribution in [1.29, 1.82) is 0 Å². The summed E-state index contributed by atoms with van der Waals surface area (Å²) in [7, 11) is 3.10. The van der Waals surface area contributed by atoms with E-state index < -0.39 is 12.1 Å². The highest BCUT2D eigenvalue weighted by Crippen LogP contribution is 2.32. The number of piperidine rings is 2. The molecule has 2 spiro atoms. The monoisotopic (exact) mass is 628 g/mol. The maximum atomic E-state index is 12.7. The molecule has 0 unspecified atom stereocenters. The first-order valence-electron chi connectivity index (χ1n) is 12.3. The predicted molar refractivity (Wildman–Crippen MR) is 161 cm³/mol. The summed E-state index contributed by atoms with van der Waals surface area (Å²) in [6.45, 7) is 5.38. The van der Waals surface area contributed by atoms with Crippen molar-refractivity contribution in [2.45, 2.75) is 74.5 Å². The Labute approximate surface area is 248 Å². The van der Waals surface area contributed by atoms with Crippen LogP contribution in [-0.2, 0) is 9.59 Å². The second-order valence-corrected chi connectivity index (χ2v) is 12.6. The minimum atomic E-state index is -0.498. The summed E-state index contributed by atoms with van der Waals surface area (Å²) in [4.78, 5) is 29.3. The van der Waals surface area contributed by atoms with E-state index in [4.69, 9.17) is 11.5 Å². The van der Waals surface area contributed by atoms with Gasteiger partial charge in [0.15, 0.2) is 0 Å². The number of carbonyl (C=O) groups excluding carboxylic acids is 2. The lowest BCUT2D eigenvalue weighted by Crippen LogP contribution is -2.55. The summed E-state index contributed by atoms with van der Waals surface area (Å²) in [6.07, 6.45) is 9.03. The molecule has 4 aliphatic rings. The van der Waals surface area contributed by atoms with Gasteiger partial charge in [-0.15, -0.1) is 49.6 Å². The number of hydrogen-bond acceptors (Lipinski definition) is 8. The summed E-state index contributed by atoms with van der Waals surface area (Å²) in [6, 6.07) is -0.996. The third-order valence-electron chi connectivity index (χ3n) is 7.94. The molecule has 2 amide bonds. The Morgan fingerprint density at radius 3 is 1.28 bits per heavy atom. The first-order valence-corrected chi connectivity index (χ1v) is 14.7. The van der Waals surface area contributed by atoms with Crippen molar-refractivity contribution >= 4 is 83.0 Å². The average molecular weight is 631 g/mol. The Hall–Kier alpha value is 0.640. The van der Waals surface area contributed by atoms with Crippen molar-refractivity contribution < 1.29 is 9.59 Å². The topological polar surface area (TPSA) is 117 Å². The molecule has 0 aromatic heterocycles. The zero-order valence-corrected chi connectivity index (χ0v) is 25.7. The van der Waals surface area contributed by atoms with Gasteiger partial charge in [0.25, 0.3) is 0 Å². The lowest BCUT2D eigenvalue weighted by atomic mass is 9.86. The molecule has 214 valence electrons. The van der Waals surface area contributed by atoms with Crippen LogP contribution >= 0.6 is 71.2 Å². The van der Waals surface area contributed by atoms with E-state index in [1.165, 1.54) is 25.7 Å². The Morgan fingerprint density at radius 2 is 1.00 bits per heavy atom. The van der Waals surface area contributed by atoms with E-state index in [1.54, 1.807) is 21.6 Å². The second kappa shape index (κ2) is 16.7. The molecule has 0 saturated carbocycles. The smallest absolute Gasteiger partial charge is 0.240 e. The van der Waals surface area contributed by atoms with Gasteiger partial charge in [0, 0.05) is 48.8 Å². The van der Waals surface area contributed by atoms with Crippen LogP contribution < -0.4 is 22.1 Å². The molecule has 4 rings (SSSR count). The lowest BCUT2D eigenvalue weighted by molar-refractivity contribution is -0.134. The summed E-state index contributed by atoms with van der Waals surface area (Å²) in [5.74, 6) is 1.19. The van der Waals surface area contributed by atoms with E-state index >= 15 is 0 Å². The fourth-order valence-corrected chi connectivity index (χ4v) is 7.98. The van der Waals surface area contributed by atoms with Crippen LogP contribution in [0.4, 0.5) is 0 Å². The maximum Gasteiger partial charge on any atom is 0.240 e. The van der Waals surface area contributed by atoms with Gasteiger partial charge < -0.3 is 31.9 Å². The number of nitrogens with one attached hydrogen (secondary N) is 2. The van der Waals surface area contributed by atoms with Crippen LogP contribution in [0.5, 0.6) is 0 Å². The maximum absolute atomic E-state index is 12.7. The number of likely N-dealkylation sites (tertiary alicyclic amines) is 2. The number of hydrogen-bond donors (Lipinski definition) is 4. The molecule has 14 heteroatoms. The number of nitrogens with zero attached hydrogens (tertiary/aromatic N) is 2. The molecule has 4 heterocycles. The quantitative estimate of drug-likeness (QED) is 0.250. The van der Waals surface area contributed by atoms with Gasteiger partial charge in [0.2, 0.25) is 11.8 Å². The van der Waals surface area contributed by atoms with Crippen LogP contribution in [0.1, 0.15) is 51.4 Å². The molecule has 8 nitrogen and oxygen atoms in total. The van der Waals surface area contributed by atoms with Crippen molar-refractivity contribution in [1.82, 2.24) is 20.4 Å². The van der Waals surface area contributed by atoms with Gasteiger partial charge in [-0.1, -0.05) is 21.6 Å². The number of rotatable bonds is 7. The third-order valence-corrected chi connectivity index (χ3v) is 10.4. The number of carbonyl (C=O) groups is 2. The van der Waals surface area contributed by atoms with Crippen molar-refractivity contribution in [3.8, 4) is 0 Å². The highest BCUT2D eigenvalue weighted by atomic mass is 35.5. The molecule has 6 N–H and O–H groups in total. The number of nitrogens with two attached hydrogens (primary N) is 2.